The van der Waals surface area contributed by atoms with E-state index in [1.807, 2.05) is 18.2 Å². The monoisotopic (exact) mass is 575 g/mol. The third-order valence-corrected chi connectivity index (χ3v) is 9.74. The van der Waals surface area contributed by atoms with Gasteiger partial charge in [-0.1, -0.05) is 47.5 Å². The van der Waals surface area contributed by atoms with E-state index < -0.39 is 21.7 Å². The highest BCUT2D eigenvalue weighted by atomic mass is 35.5. The number of aromatic nitrogens is 1. The molecule has 200 valence electrons. The van der Waals surface area contributed by atoms with Crippen molar-refractivity contribution in [3.8, 4) is 0 Å². The molecule has 1 unspecified atom stereocenters. The molecular weight excluding hydrogens is 549 g/mol. The third-order valence-electron chi connectivity index (χ3n) is 7.14. The smallest absolute Gasteiger partial charge is 0.264 e. The second-order valence-corrected chi connectivity index (χ2v) is 12.2. The summed E-state index contributed by atoms with van der Waals surface area (Å²) in [6, 6.07) is 14.6. The van der Waals surface area contributed by atoms with Crippen LogP contribution in [0.15, 0.2) is 71.9 Å². The molecule has 38 heavy (non-hydrogen) atoms. The van der Waals surface area contributed by atoms with E-state index in [1.165, 1.54) is 22.5 Å². The SMILES string of the molecule is O=C(COCC1Cc2ccccc2N1S(=O)(=O)c1ccc(Cl)c(Cl)c1)N1CCC(O)(c2cccnc2)CC1. The van der Waals surface area contributed by atoms with E-state index in [9.17, 15) is 18.3 Å². The number of sulfonamides is 1. The molecule has 11 heteroatoms. The molecule has 1 aromatic heterocycles. The van der Waals surface area contributed by atoms with Crippen molar-refractivity contribution in [2.45, 2.75) is 35.8 Å². The van der Waals surface area contributed by atoms with Gasteiger partial charge in [0.1, 0.15) is 6.61 Å². The Kier molecular flexibility index (Phi) is 7.66. The number of para-hydroxylation sites is 1. The summed E-state index contributed by atoms with van der Waals surface area (Å²) in [5.41, 5.74) is 1.18. The molecule has 0 saturated carbocycles. The average Bonchev–Trinajstić information content (AvgIpc) is 3.30. The van der Waals surface area contributed by atoms with E-state index in [2.05, 4.69) is 4.98 Å². The standard InChI is InChI=1S/C27H27Cl2N3O5S/c28-23-8-7-22(15-24(23)29)38(35,36)32-21(14-19-4-1-2-6-25(19)32)17-37-18-26(33)31-12-9-27(34,10-13-31)20-5-3-11-30-16-20/h1-8,11,15-16,21,34H,9-10,12-14,17-18H2. The van der Waals surface area contributed by atoms with Gasteiger partial charge in [-0.05, 0) is 55.2 Å². The molecular formula is C27H27Cl2N3O5S. The predicted octanol–water partition coefficient (Wildman–Crippen LogP) is 4.04. The Balaban J connectivity index is 1.24. The number of likely N-dealkylation sites (tertiary alicyclic amines) is 1. The fraction of sp³-hybridized carbons (Fsp3) is 0.333. The minimum atomic E-state index is -3.97. The Labute approximate surface area is 231 Å². The Morgan fingerprint density at radius 2 is 1.84 bits per heavy atom. The summed E-state index contributed by atoms with van der Waals surface area (Å²) < 4.78 is 34.5. The maximum Gasteiger partial charge on any atom is 0.264 e. The number of carbonyl (C=O) groups is 1. The van der Waals surface area contributed by atoms with Crippen LogP contribution >= 0.6 is 23.2 Å². The molecule has 0 aliphatic carbocycles. The first-order valence-electron chi connectivity index (χ1n) is 12.2. The Morgan fingerprint density at radius 3 is 2.55 bits per heavy atom. The van der Waals surface area contributed by atoms with Crippen molar-refractivity contribution >= 4 is 44.8 Å². The lowest BCUT2D eigenvalue weighted by atomic mass is 9.85. The maximum absolute atomic E-state index is 13.7. The lowest BCUT2D eigenvalue weighted by Crippen LogP contribution is -2.47. The molecule has 0 bridgehead atoms. The number of pyridine rings is 1. The van der Waals surface area contributed by atoms with Gasteiger partial charge in [0.25, 0.3) is 10.0 Å². The Morgan fingerprint density at radius 1 is 1.08 bits per heavy atom. The molecule has 0 spiro atoms. The summed E-state index contributed by atoms with van der Waals surface area (Å²) in [6.07, 6.45) is 4.56. The van der Waals surface area contributed by atoms with Crippen molar-refractivity contribution in [1.29, 1.82) is 0 Å². The molecule has 1 N–H and O–H groups in total. The lowest BCUT2D eigenvalue weighted by molar-refractivity contribution is -0.140. The molecule has 1 amide bonds. The van der Waals surface area contributed by atoms with Gasteiger partial charge in [0.15, 0.2) is 0 Å². The Bertz CT molecular complexity index is 1430. The first-order valence-corrected chi connectivity index (χ1v) is 14.4. The number of amides is 1. The summed E-state index contributed by atoms with van der Waals surface area (Å²) in [6.45, 7) is 0.633. The summed E-state index contributed by atoms with van der Waals surface area (Å²) in [5.74, 6) is -0.201. The first-order chi connectivity index (χ1) is 18.2. The molecule has 2 aliphatic rings. The number of hydrogen-bond acceptors (Lipinski definition) is 6. The molecule has 3 heterocycles. The van der Waals surface area contributed by atoms with Gasteiger partial charge in [0.05, 0.1) is 38.9 Å². The van der Waals surface area contributed by atoms with Gasteiger partial charge in [0, 0.05) is 31.0 Å². The van der Waals surface area contributed by atoms with Gasteiger partial charge in [-0.15, -0.1) is 0 Å². The highest BCUT2D eigenvalue weighted by Crippen LogP contribution is 2.38. The van der Waals surface area contributed by atoms with Gasteiger partial charge in [-0.2, -0.15) is 0 Å². The van der Waals surface area contributed by atoms with Crippen molar-refractivity contribution in [3.05, 3.63) is 88.2 Å². The first kappa shape index (κ1) is 26.9. The van der Waals surface area contributed by atoms with Gasteiger partial charge in [-0.3, -0.25) is 14.1 Å². The van der Waals surface area contributed by atoms with Crippen molar-refractivity contribution in [1.82, 2.24) is 9.88 Å². The fourth-order valence-corrected chi connectivity index (χ4v) is 7.12. The van der Waals surface area contributed by atoms with Crippen LogP contribution in [0.3, 0.4) is 0 Å². The van der Waals surface area contributed by atoms with Crippen molar-refractivity contribution in [3.63, 3.8) is 0 Å². The van der Waals surface area contributed by atoms with Crippen LogP contribution in [-0.4, -0.2) is 61.7 Å². The minimum Gasteiger partial charge on any atom is -0.385 e. The van der Waals surface area contributed by atoms with Crippen LogP contribution in [0.5, 0.6) is 0 Å². The zero-order valence-corrected chi connectivity index (χ0v) is 22.8. The maximum atomic E-state index is 13.7. The number of anilines is 1. The summed E-state index contributed by atoms with van der Waals surface area (Å²) in [4.78, 5) is 18.6. The van der Waals surface area contributed by atoms with E-state index in [0.29, 0.717) is 38.0 Å². The van der Waals surface area contributed by atoms with Gasteiger partial charge < -0.3 is 14.7 Å². The highest BCUT2D eigenvalue weighted by Gasteiger charge is 2.39. The van der Waals surface area contributed by atoms with Gasteiger partial charge in [-0.25, -0.2) is 8.42 Å². The summed E-state index contributed by atoms with van der Waals surface area (Å²) >= 11 is 12.1. The average molecular weight is 577 g/mol. The van der Waals surface area contributed by atoms with E-state index in [4.69, 9.17) is 27.9 Å². The quantitative estimate of drug-likeness (QED) is 0.456. The Hall–Kier alpha value is -2.69. The van der Waals surface area contributed by atoms with Gasteiger partial charge in [0.2, 0.25) is 5.91 Å². The minimum absolute atomic E-state index is 0.0269. The molecule has 5 rings (SSSR count). The van der Waals surface area contributed by atoms with E-state index in [1.54, 1.807) is 35.5 Å². The normalized spacial score (nSPS) is 18.9. The second-order valence-electron chi connectivity index (χ2n) is 9.53. The van der Waals surface area contributed by atoms with E-state index >= 15 is 0 Å². The van der Waals surface area contributed by atoms with Crippen LogP contribution in [0.25, 0.3) is 0 Å². The van der Waals surface area contributed by atoms with Crippen LogP contribution in [-0.2, 0) is 31.6 Å². The zero-order valence-electron chi connectivity index (χ0n) is 20.5. The second kappa shape index (κ2) is 10.8. The molecule has 8 nitrogen and oxygen atoms in total. The zero-order chi connectivity index (χ0) is 26.9. The van der Waals surface area contributed by atoms with Gasteiger partial charge >= 0.3 is 0 Å². The molecule has 1 atom stereocenters. The number of benzene rings is 2. The van der Waals surface area contributed by atoms with Crippen molar-refractivity contribution in [2.24, 2.45) is 0 Å². The number of piperidine rings is 1. The third kappa shape index (κ3) is 5.26. The summed E-state index contributed by atoms with van der Waals surface area (Å²) in [7, 11) is -3.97. The van der Waals surface area contributed by atoms with E-state index in [-0.39, 0.29) is 34.1 Å². The molecule has 1 fully saturated rings. The predicted molar refractivity (Wildman–Crippen MR) is 145 cm³/mol. The van der Waals surface area contributed by atoms with E-state index in [0.717, 1.165) is 11.1 Å². The van der Waals surface area contributed by atoms with Crippen LogP contribution in [0.2, 0.25) is 10.0 Å². The fourth-order valence-electron chi connectivity index (χ4n) is 5.06. The molecule has 3 aromatic rings. The number of halogens is 2. The van der Waals surface area contributed by atoms with Crippen LogP contribution in [0, 0.1) is 0 Å². The number of nitrogens with zero attached hydrogens (tertiary/aromatic N) is 3. The van der Waals surface area contributed by atoms with Crippen molar-refractivity contribution in [2.75, 3.05) is 30.6 Å². The largest absolute Gasteiger partial charge is 0.385 e. The number of rotatable bonds is 7. The van der Waals surface area contributed by atoms with Crippen LogP contribution < -0.4 is 4.31 Å². The highest BCUT2D eigenvalue weighted by molar-refractivity contribution is 7.92. The number of hydrogen-bond donors (Lipinski definition) is 1. The number of aliphatic hydroxyl groups is 1. The number of ether oxygens (including phenoxy) is 1. The van der Waals surface area contributed by atoms with Crippen LogP contribution in [0.1, 0.15) is 24.0 Å². The topological polar surface area (TPSA) is 100 Å². The molecule has 0 radical (unpaired) electrons. The molecule has 1 saturated heterocycles. The molecule has 2 aromatic carbocycles. The lowest BCUT2D eigenvalue weighted by Gasteiger charge is -2.38. The van der Waals surface area contributed by atoms with Crippen molar-refractivity contribution < 1.29 is 23.1 Å². The number of carbonyl (C=O) groups excluding carboxylic acids is 1. The molecule has 2 aliphatic heterocycles. The number of fused-ring (bicyclic) bond motifs is 1. The van der Waals surface area contributed by atoms with Crippen LogP contribution in [0.4, 0.5) is 5.69 Å². The summed E-state index contributed by atoms with van der Waals surface area (Å²) in [5, 5.41) is 11.4.